The van der Waals surface area contributed by atoms with Gasteiger partial charge in [0.05, 0.1) is 12.1 Å². The molecule has 2 aromatic heterocycles. The molecule has 0 N–H and O–H groups in total. The zero-order chi connectivity index (χ0) is 16.8. The number of hydrogen-bond donors (Lipinski definition) is 0. The minimum absolute atomic E-state index is 0.584. The van der Waals surface area contributed by atoms with E-state index in [0.29, 0.717) is 11.3 Å². The summed E-state index contributed by atoms with van der Waals surface area (Å²) in [5.41, 5.74) is 6.31. The first-order chi connectivity index (χ1) is 11.6. The van der Waals surface area contributed by atoms with Crippen molar-refractivity contribution in [2.24, 2.45) is 7.05 Å². The molecule has 0 aliphatic heterocycles. The first-order valence-corrected chi connectivity index (χ1v) is 7.89. The summed E-state index contributed by atoms with van der Waals surface area (Å²) in [5.74, 6) is 0. The molecule has 0 aliphatic carbocycles. The molecule has 24 heavy (non-hydrogen) atoms. The van der Waals surface area contributed by atoms with Crippen LogP contribution in [0.5, 0.6) is 0 Å². The van der Waals surface area contributed by atoms with Crippen LogP contribution >= 0.6 is 0 Å². The fraction of sp³-hybridized carbons (Fsp3) is 0.143. The summed E-state index contributed by atoms with van der Waals surface area (Å²) < 4.78 is 8.10. The van der Waals surface area contributed by atoms with Crippen LogP contribution in [0, 0.1) is 20.4 Å². The summed E-state index contributed by atoms with van der Waals surface area (Å²) in [4.78, 5) is 3.84. The maximum absolute atomic E-state index is 7.75. The summed E-state index contributed by atoms with van der Waals surface area (Å²) >= 11 is 0. The molecule has 4 rings (SSSR count). The molecule has 3 heteroatoms. The smallest absolute Gasteiger partial charge is 0.243 e. The van der Waals surface area contributed by atoms with Gasteiger partial charge < -0.3 is 4.42 Å². The lowest BCUT2D eigenvalue weighted by Crippen LogP contribution is -2.30. The van der Waals surface area contributed by atoms with Crippen molar-refractivity contribution in [2.75, 3.05) is 0 Å². The monoisotopic (exact) mass is 313 g/mol. The highest BCUT2D eigenvalue weighted by Gasteiger charge is 2.22. The Balaban J connectivity index is 2.17. The minimum Gasteiger partial charge on any atom is -0.467 e. The minimum atomic E-state index is 0.584. The van der Waals surface area contributed by atoms with Crippen LogP contribution in [0.3, 0.4) is 0 Å². The lowest BCUT2D eigenvalue weighted by Gasteiger charge is -2.07. The standard InChI is InChI=1S/C21H17N2O/c1-13-8-9-18-15(11-13)16-12-14(2)19(20(22-3)21(16)24-18)17-7-5-6-10-23(17)4/h5-12H,1-2,4H3/q+1. The zero-order valence-corrected chi connectivity index (χ0v) is 13.9. The molecule has 2 heterocycles. The molecule has 2 aromatic carbocycles. The van der Waals surface area contributed by atoms with Crippen molar-refractivity contribution < 1.29 is 8.98 Å². The number of hydrogen-bond acceptors (Lipinski definition) is 1. The molecule has 0 unspecified atom stereocenters. The van der Waals surface area contributed by atoms with E-state index in [1.807, 2.05) is 48.1 Å². The van der Waals surface area contributed by atoms with Gasteiger partial charge in [-0.25, -0.2) is 9.41 Å². The predicted octanol–water partition coefficient (Wildman–Crippen LogP) is 5.25. The SMILES string of the molecule is [C-]#[N+]c1c(-c2cccc[n+]2C)c(C)cc2c1oc1ccc(C)cc12. The third kappa shape index (κ3) is 2.00. The molecular formula is C21H17N2O+. The van der Waals surface area contributed by atoms with Crippen molar-refractivity contribution in [1.82, 2.24) is 0 Å². The number of aromatic nitrogens is 1. The van der Waals surface area contributed by atoms with Crippen molar-refractivity contribution in [1.29, 1.82) is 0 Å². The van der Waals surface area contributed by atoms with E-state index < -0.39 is 0 Å². The van der Waals surface area contributed by atoms with Crippen LogP contribution in [0.4, 0.5) is 5.69 Å². The average Bonchev–Trinajstić information content (AvgIpc) is 2.92. The van der Waals surface area contributed by atoms with E-state index in [1.54, 1.807) is 0 Å². The Labute approximate surface area is 140 Å². The number of benzene rings is 2. The van der Waals surface area contributed by atoms with Gasteiger partial charge >= 0.3 is 0 Å². The van der Waals surface area contributed by atoms with E-state index in [0.717, 1.165) is 33.2 Å². The summed E-state index contributed by atoms with van der Waals surface area (Å²) in [6.45, 7) is 11.9. The second-order valence-electron chi connectivity index (χ2n) is 6.20. The number of aryl methyl sites for hydroxylation is 3. The number of rotatable bonds is 1. The van der Waals surface area contributed by atoms with E-state index in [-0.39, 0.29) is 0 Å². The molecule has 0 fully saturated rings. The number of nitrogens with zero attached hydrogens (tertiary/aromatic N) is 2. The molecule has 0 bridgehead atoms. The third-order valence-electron chi connectivity index (χ3n) is 4.51. The highest BCUT2D eigenvalue weighted by Crippen LogP contribution is 2.42. The number of fused-ring (bicyclic) bond motifs is 3. The first-order valence-electron chi connectivity index (χ1n) is 7.89. The van der Waals surface area contributed by atoms with Gasteiger partial charge in [0.2, 0.25) is 11.4 Å². The summed E-state index contributed by atoms with van der Waals surface area (Å²) in [5, 5.41) is 2.08. The van der Waals surface area contributed by atoms with Crippen LogP contribution in [0.1, 0.15) is 11.1 Å². The van der Waals surface area contributed by atoms with E-state index in [1.165, 1.54) is 5.56 Å². The van der Waals surface area contributed by atoms with E-state index in [2.05, 4.69) is 30.8 Å². The molecule has 4 aromatic rings. The Hall–Kier alpha value is -3.12. The Morgan fingerprint density at radius 1 is 1.04 bits per heavy atom. The molecular weight excluding hydrogens is 296 g/mol. The van der Waals surface area contributed by atoms with Gasteiger partial charge in [-0.15, -0.1) is 0 Å². The number of furan rings is 1. The summed E-state index contributed by atoms with van der Waals surface area (Å²) in [6, 6.07) is 14.3. The lowest BCUT2D eigenvalue weighted by molar-refractivity contribution is -0.660. The molecule has 0 amide bonds. The average molecular weight is 313 g/mol. The van der Waals surface area contributed by atoms with Crippen LogP contribution in [0.25, 0.3) is 38.0 Å². The quantitative estimate of drug-likeness (QED) is 0.347. The fourth-order valence-corrected chi connectivity index (χ4v) is 3.35. The highest BCUT2D eigenvalue weighted by molar-refractivity contribution is 6.12. The number of pyridine rings is 1. The van der Waals surface area contributed by atoms with Gasteiger partial charge in [0.25, 0.3) is 0 Å². The van der Waals surface area contributed by atoms with Gasteiger partial charge in [-0.3, -0.25) is 0 Å². The van der Waals surface area contributed by atoms with Crippen molar-refractivity contribution in [2.45, 2.75) is 13.8 Å². The van der Waals surface area contributed by atoms with Crippen LogP contribution in [-0.2, 0) is 7.05 Å². The summed E-state index contributed by atoms with van der Waals surface area (Å²) in [7, 11) is 1.99. The second kappa shape index (κ2) is 5.21. The van der Waals surface area contributed by atoms with Crippen LogP contribution in [0.15, 0.2) is 53.1 Å². The second-order valence-corrected chi connectivity index (χ2v) is 6.20. The Bertz CT molecular complexity index is 1150. The zero-order valence-electron chi connectivity index (χ0n) is 13.9. The van der Waals surface area contributed by atoms with E-state index in [9.17, 15) is 0 Å². The molecule has 0 atom stereocenters. The van der Waals surface area contributed by atoms with Gasteiger partial charge in [0.15, 0.2) is 6.20 Å². The normalized spacial score (nSPS) is 11.1. The molecule has 0 saturated carbocycles. The highest BCUT2D eigenvalue weighted by atomic mass is 16.3. The Morgan fingerprint density at radius 2 is 1.88 bits per heavy atom. The fourth-order valence-electron chi connectivity index (χ4n) is 3.35. The summed E-state index contributed by atoms with van der Waals surface area (Å²) in [6.07, 6.45) is 1.99. The topological polar surface area (TPSA) is 21.4 Å². The van der Waals surface area contributed by atoms with Crippen molar-refractivity contribution >= 4 is 27.6 Å². The van der Waals surface area contributed by atoms with Gasteiger partial charge in [0.1, 0.15) is 18.2 Å². The third-order valence-corrected chi connectivity index (χ3v) is 4.51. The maximum Gasteiger partial charge on any atom is 0.243 e. The van der Waals surface area contributed by atoms with Gasteiger partial charge in [-0.1, -0.05) is 11.6 Å². The molecule has 0 saturated heterocycles. The first kappa shape index (κ1) is 14.5. The molecule has 0 radical (unpaired) electrons. The van der Waals surface area contributed by atoms with Crippen LogP contribution in [0.2, 0.25) is 0 Å². The van der Waals surface area contributed by atoms with Crippen LogP contribution < -0.4 is 4.57 Å². The van der Waals surface area contributed by atoms with Gasteiger partial charge in [0, 0.05) is 22.9 Å². The van der Waals surface area contributed by atoms with Crippen LogP contribution in [-0.4, -0.2) is 0 Å². The lowest BCUT2D eigenvalue weighted by atomic mass is 9.98. The molecule has 116 valence electrons. The largest absolute Gasteiger partial charge is 0.467 e. The molecule has 0 spiro atoms. The maximum atomic E-state index is 7.75. The predicted molar refractivity (Wildman–Crippen MR) is 96.1 cm³/mol. The van der Waals surface area contributed by atoms with E-state index in [4.69, 9.17) is 11.0 Å². The van der Waals surface area contributed by atoms with Crippen molar-refractivity contribution in [3.63, 3.8) is 0 Å². The van der Waals surface area contributed by atoms with Crippen molar-refractivity contribution in [3.8, 4) is 11.3 Å². The van der Waals surface area contributed by atoms with Gasteiger partial charge in [-0.05, 0) is 43.7 Å². The van der Waals surface area contributed by atoms with Crippen molar-refractivity contribution in [3.05, 3.63) is 71.2 Å². The van der Waals surface area contributed by atoms with E-state index >= 15 is 0 Å². The Morgan fingerprint density at radius 3 is 2.62 bits per heavy atom. The molecule has 0 aliphatic rings. The Kier molecular flexibility index (Phi) is 3.14. The van der Waals surface area contributed by atoms with Gasteiger partial charge in [-0.2, -0.15) is 0 Å². The molecule has 3 nitrogen and oxygen atoms in total.